The van der Waals surface area contributed by atoms with Crippen molar-refractivity contribution in [1.82, 2.24) is 0 Å². The number of hydrogen-bond acceptors (Lipinski definition) is 4. The van der Waals surface area contributed by atoms with Crippen LogP contribution >= 0.6 is 0 Å². The van der Waals surface area contributed by atoms with Gasteiger partial charge in [-0.05, 0) is 6.42 Å². The zero-order valence-electron chi connectivity index (χ0n) is 8.55. The summed E-state index contributed by atoms with van der Waals surface area (Å²) in [6, 6.07) is 0. The van der Waals surface area contributed by atoms with Gasteiger partial charge < -0.3 is 19.8 Å². The SMILES string of the molecule is CC(C)(C)C(=O)[O-].CCCC(=O)[O-]. The van der Waals surface area contributed by atoms with Crippen LogP contribution in [-0.4, -0.2) is 11.9 Å². The highest BCUT2D eigenvalue weighted by molar-refractivity contribution is 5.70. The number of hydrogen-bond donors (Lipinski definition) is 0. The van der Waals surface area contributed by atoms with Crippen LogP contribution in [-0.2, 0) is 9.59 Å². The largest absolute Gasteiger partial charge is 0.550 e. The van der Waals surface area contributed by atoms with E-state index in [-0.39, 0.29) is 6.42 Å². The smallest absolute Gasteiger partial charge is 0.0467 e. The molecule has 0 bridgehead atoms. The van der Waals surface area contributed by atoms with Crippen LogP contribution in [0.25, 0.3) is 0 Å². The van der Waals surface area contributed by atoms with Gasteiger partial charge in [-0.1, -0.05) is 34.1 Å². The molecule has 0 aromatic carbocycles. The van der Waals surface area contributed by atoms with Crippen molar-refractivity contribution in [1.29, 1.82) is 0 Å². The molecule has 0 saturated carbocycles. The second kappa shape index (κ2) is 6.46. The van der Waals surface area contributed by atoms with E-state index in [9.17, 15) is 19.8 Å². The molecule has 0 aliphatic carbocycles. The number of carbonyl (C=O) groups excluding carboxylic acids is 2. The number of carboxylic acid groups (broad SMARTS) is 2. The highest BCUT2D eigenvalue weighted by Gasteiger charge is 2.09. The fourth-order valence-electron chi connectivity index (χ4n) is 0.204. The first-order chi connectivity index (χ1) is 5.71. The van der Waals surface area contributed by atoms with Crippen LogP contribution in [0.15, 0.2) is 0 Å². The fourth-order valence-corrected chi connectivity index (χ4v) is 0.204. The van der Waals surface area contributed by atoms with Crippen molar-refractivity contribution in [2.24, 2.45) is 5.41 Å². The molecule has 4 nitrogen and oxygen atoms in total. The Morgan fingerprint density at radius 1 is 1.15 bits per heavy atom. The molecule has 0 saturated heterocycles. The molecule has 4 heteroatoms. The molecule has 0 rings (SSSR count). The van der Waals surface area contributed by atoms with E-state index in [1.165, 1.54) is 0 Å². The molecule has 0 amide bonds. The molecule has 0 N–H and O–H groups in total. The van der Waals surface area contributed by atoms with Crippen molar-refractivity contribution in [3.05, 3.63) is 0 Å². The summed E-state index contributed by atoms with van der Waals surface area (Å²) in [6.45, 7) is 6.60. The summed E-state index contributed by atoms with van der Waals surface area (Å²) < 4.78 is 0. The van der Waals surface area contributed by atoms with Gasteiger partial charge in [0.2, 0.25) is 0 Å². The Kier molecular flexibility index (Phi) is 7.18. The summed E-state index contributed by atoms with van der Waals surface area (Å²) in [5.74, 6) is -1.97. The summed E-state index contributed by atoms with van der Waals surface area (Å²) in [7, 11) is 0. The van der Waals surface area contributed by atoms with E-state index in [0.29, 0.717) is 6.42 Å². The van der Waals surface area contributed by atoms with Crippen molar-refractivity contribution < 1.29 is 19.8 Å². The molecule has 0 aliphatic heterocycles. The quantitative estimate of drug-likeness (QED) is 0.575. The first-order valence-electron chi connectivity index (χ1n) is 4.13. The number of carbonyl (C=O) groups is 2. The van der Waals surface area contributed by atoms with Crippen LogP contribution in [0.3, 0.4) is 0 Å². The minimum absolute atomic E-state index is 0.181. The Morgan fingerprint density at radius 2 is 1.46 bits per heavy atom. The molecule has 0 aliphatic rings. The van der Waals surface area contributed by atoms with Crippen molar-refractivity contribution in [3.8, 4) is 0 Å². The van der Waals surface area contributed by atoms with Gasteiger partial charge in [0, 0.05) is 17.4 Å². The van der Waals surface area contributed by atoms with Crippen LogP contribution in [0, 0.1) is 5.41 Å². The molecular formula is C9H16O4-2. The maximum atomic E-state index is 9.91. The van der Waals surface area contributed by atoms with Crippen LogP contribution in [0.1, 0.15) is 40.5 Å². The molecule has 0 radical (unpaired) electrons. The third-order valence-corrected chi connectivity index (χ3v) is 1.07. The van der Waals surface area contributed by atoms with Crippen LogP contribution in [0.5, 0.6) is 0 Å². The third-order valence-electron chi connectivity index (χ3n) is 1.07. The number of rotatable bonds is 2. The monoisotopic (exact) mass is 188 g/mol. The van der Waals surface area contributed by atoms with Crippen LogP contribution in [0.2, 0.25) is 0 Å². The second-order valence-electron chi connectivity index (χ2n) is 3.66. The van der Waals surface area contributed by atoms with E-state index in [0.717, 1.165) is 0 Å². The first-order valence-corrected chi connectivity index (χ1v) is 4.13. The van der Waals surface area contributed by atoms with E-state index in [2.05, 4.69) is 0 Å². The zero-order chi connectivity index (χ0) is 11.1. The lowest BCUT2D eigenvalue weighted by Gasteiger charge is -2.18. The first kappa shape index (κ1) is 14.5. The van der Waals surface area contributed by atoms with Crippen molar-refractivity contribution in [2.75, 3.05) is 0 Å². The summed E-state index contributed by atoms with van der Waals surface area (Å²) >= 11 is 0. The molecule has 0 aromatic heterocycles. The second-order valence-corrected chi connectivity index (χ2v) is 3.66. The summed E-state index contributed by atoms with van der Waals surface area (Å²) in [5, 5.41) is 19.4. The van der Waals surface area contributed by atoms with E-state index in [4.69, 9.17) is 0 Å². The lowest BCUT2D eigenvalue weighted by Crippen LogP contribution is -2.35. The van der Waals surface area contributed by atoms with Gasteiger partial charge in [-0.15, -0.1) is 0 Å². The Balaban J connectivity index is 0. The Morgan fingerprint density at radius 3 is 1.46 bits per heavy atom. The zero-order valence-corrected chi connectivity index (χ0v) is 8.55. The normalized spacial score (nSPS) is 9.85. The average Bonchev–Trinajstić information content (AvgIpc) is 1.85. The van der Waals surface area contributed by atoms with Crippen LogP contribution < -0.4 is 10.2 Å². The van der Waals surface area contributed by atoms with Crippen molar-refractivity contribution in [2.45, 2.75) is 40.5 Å². The minimum Gasteiger partial charge on any atom is -0.550 e. The summed E-state index contributed by atoms with van der Waals surface area (Å²) in [6.07, 6.45) is 0.850. The van der Waals surface area contributed by atoms with E-state index >= 15 is 0 Å². The standard InChI is InChI=1S/C5H10O2.C4H8O2/c1-5(2,3)4(6)7;1-2-3-4(5)6/h1-3H3,(H,6,7);2-3H2,1H3,(H,5,6)/p-2. The molecule has 0 spiro atoms. The summed E-state index contributed by atoms with van der Waals surface area (Å²) in [5.41, 5.74) is -0.694. The van der Waals surface area contributed by atoms with Gasteiger partial charge in [-0.25, -0.2) is 0 Å². The Hall–Kier alpha value is -1.06. The fraction of sp³-hybridized carbons (Fsp3) is 0.778. The molecule has 0 aromatic rings. The average molecular weight is 188 g/mol. The van der Waals surface area contributed by atoms with Gasteiger partial charge in [-0.2, -0.15) is 0 Å². The maximum Gasteiger partial charge on any atom is 0.0467 e. The number of carboxylic acids is 2. The van der Waals surface area contributed by atoms with Crippen molar-refractivity contribution in [3.63, 3.8) is 0 Å². The van der Waals surface area contributed by atoms with Crippen LogP contribution in [0.4, 0.5) is 0 Å². The molecule has 0 unspecified atom stereocenters. The van der Waals surface area contributed by atoms with Gasteiger partial charge in [0.15, 0.2) is 0 Å². The summed E-state index contributed by atoms with van der Waals surface area (Å²) in [4.78, 5) is 19.4. The van der Waals surface area contributed by atoms with Crippen molar-refractivity contribution >= 4 is 11.9 Å². The molecule has 0 fully saturated rings. The van der Waals surface area contributed by atoms with Gasteiger partial charge in [0.1, 0.15) is 0 Å². The highest BCUT2D eigenvalue weighted by atomic mass is 16.4. The number of aliphatic carboxylic acids is 2. The van der Waals surface area contributed by atoms with E-state index < -0.39 is 17.4 Å². The minimum atomic E-state index is -1.01. The van der Waals surface area contributed by atoms with E-state index in [1.807, 2.05) is 0 Å². The predicted molar refractivity (Wildman–Crippen MR) is 44.4 cm³/mol. The topological polar surface area (TPSA) is 80.3 Å². The van der Waals surface area contributed by atoms with Gasteiger partial charge in [0.25, 0.3) is 0 Å². The Bertz CT molecular complexity index is 167. The lowest BCUT2D eigenvalue weighted by atomic mass is 9.98. The maximum absolute atomic E-state index is 9.91. The molecule has 13 heavy (non-hydrogen) atoms. The molecule has 0 atom stereocenters. The Labute approximate surface area is 78.6 Å². The lowest BCUT2D eigenvalue weighted by molar-refractivity contribution is -0.316. The molecule has 0 heterocycles. The van der Waals surface area contributed by atoms with E-state index in [1.54, 1.807) is 27.7 Å². The highest BCUT2D eigenvalue weighted by Crippen LogP contribution is 2.09. The predicted octanol–water partition coefficient (Wildman–Crippen LogP) is -0.681. The molecular weight excluding hydrogens is 172 g/mol. The van der Waals surface area contributed by atoms with Gasteiger partial charge in [-0.3, -0.25) is 0 Å². The molecule has 78 valence electrons. The van der Waals surface area contributed by atoms with Gasteiger partial charge in [0.05, 0.1) is 0 Å². The third kappa shape index (κ3) is 13.9. The van der Waals surface area contributed by atoms with Gasteiger partial charge >= 0.3 is 0 Å².